The normalized spacial score (nSPS) is 15.7. The van der Waals surface area contributed by atoms with Crippen LogP contribution in [0.4, 0.5) is 4.39 Å². The summed E-state index contributed by atoms with van der Waals surface area (Å²) in [7, 11) is 0. The molecule has 2 amide bonds. The first-order chi connectivity index (χ1) is 10.9. The third-order valence-electron chi connectivity index (χ3n) is 3.89. The van der Waals surface area contributed by atoms with Crippen LogP contribution in [0.1, 0.15) is 30.1 Å². The average Bonchev–Trinajstić information content (AvgIpc) is 2.52. The maximum absolute atomic E-state index is 13.1. The number of hydrogen-bond acceptors (Lipinski definition) is 3. The van der Waals surface area contributed by atoms with Crippen LogP contribution in [-0.2, 0) is 4.79 Å². The van der Waals surface area contributed by atoms with E-state index < -0.39 is 5.82 Å². The predicted octanol–water partition coefficient (Wildman–Crippen LogP) is 2.31. The summed E-state index contributed by atoms with van der Waals surface area (Å²) in [5.41, 5.74) is 5.94. The van der Waals surface area contributed by atoms with Crippen LogP contribution >= 0.6 is 24.0 Å². The van der Waals surface area contributed by atoms with E-state index in [0.717, 1.165) is 6.07 Å². The molecular weight excluding hydrogens is 356 g/mol. The number of benzene rings is 1. The molecule has 1 saturated heterocycles. The van der Waals surface area contributed by atoms with Crippen molar-refractivity contribution in [1.82, 2.24) is 9.80 Å². The Labute approximate surface area is 152 Å². The molecule has 134 valence electrons. The van der Waals surface area contributed by atoms with Crippen molar-refractivity contribution in [3.8, 4) is 0 Å². The van der Waals surface area contributed by atoms with Crippen molar-refractivity contribution in [2.75, 3.05) is 26.2 Å². The maximum Gasteiger partial charge on any atom is 0.255 e. The SMILES string of the molecule is CC(N)CCC(=O)N1CCN(C(=O)c2ccc(F)cc2Cl)CC1.Cl. The van der Waals surface area contributed by atoms with Crippen LogP contribution in [0.3, 0.4) is 0 Å². The largest absolute Gasteiger partial charge is 0.339 e. The number of amides is 2. The van der Waals surface area contributed by atoms with Crippen LogP contribution in [0, 0.1) is 5.82 Å². The molecule has 1 aromatic carbocycles. The average molecular weight is 378 g/mol. The van der Waals surface area contributed by atoms with Crippen LogP contribution in [0.5, 0.6) is 0 Å². The topological polar surface area (TPSA) is 66.6 Å². The van der Waals surface area contributed by atoms with Crippen molar-refractivity contribution in [2.24, 2.45) is 5.73 Å². The van der Waals surface area contributed by atoms with Crippen molar-refractivity contribution in [3.05, 3.63) is 34.6 Å². The third kappa shape index (κ3) is 5.33. The summed E-state index contributed by atoms with van der Waals surface area (Å²) in [6.07, 6.45) is 1.08. The first-order valence-corrected chi connectivity index (χ1v) is 8.04. The van der Waals surface area contributed by atoms with Crippen molar-refractivity contribution in [3.63, 3.8) is 0 Å². The molecule has 1 atom stereocenters. The minimum absolute atomic E-state index is 0. The van der Waals surface area contributed by atoms with Gasteiger partial charge in [-0.2, -0.15) is 0 Å². The van der Waals surface area contributed by atoms with E-state index in [1.54, 1.807) is 9.80 Å². The van der Waals surface area contributed by atoms with E-state index >= 15 is 0 Å². The van der Waals surface area contributed by atoms with E-state index in [-0.39, 0.29) is 40.8 Å². The highest BCUT2D eigenvalue weighted by Gasteiger charge is 2.25. The van der Waals surface area contributed by atoms with Gasteiger partial charge >= 0.3 is 0 Å². The van der Waals surface area contributed by atoms with Gasteiger partial charge in [0.15, 0.2) is 0 Å². The number of piperazine rings is 1. The van der Waals surface area contributed by atoms with E-state index in [0.29, 0.717) is 39.0 Å². The Kier molecular flexibility index (Phi) is 7.93. The first-order valence-electron chi connectivity index (χ1n) is 7.66. The summed E-state index contributed by atoms with van der Waals surface area (Å²) in [4.78, 5) is 27.8. The summed E-state index contributed by atoms with van der Waals surface area (Å²) < 4.78 is 13.1. The van der Waals surface area contributed by atoms with Gasteiger partial charge in [-0.25, -0.2) is 4.39 Å². The molecule has 5 nitrogen and oxygen atoms in total. The van der Waals surface area contributed by atoms with E-state index in [2.05, 4.69) is 0 Å². The minimum atomic E-state index is -0.476. The zero-order chi connectivity index (χ0) is 17.0. The molecule has 0 bridgehead atoms. The highest BCUT2D eigenvalue weighted by Crippen LogP contribution is 2.20. The Hall–Kier alpha value is -1.37. The summed E-state index contributed by atoms with van der Waals surface area (Å²) in [6, 6.07) is 3.73. The Morgan fingerprint density at radius 3 is 2.38 bits per heavy atom. The fourth-order valence-corrected chi connectivity index (χ4v) is 2.75. The van der Waals surface area contributed by atoms with Gasteiger partial charge in [0.2, 0.25) is 5.91 Å². The molecule has 1 aliphatic heterocycles. The number of nitrogens with zero attached hydrogens (tertiary/aromatic N) is 2. The zero-order valence-corrected chi connectivity index (χ0v) is 15.1. The van der Waals surface area contributed by atoms with Crippen molar-refractivity contribution in [2.45, 2.75) is 25.8 Å². The number of carbonyl (C=O) groups excluding carboxylic acids is 2. The van der Waals surface area contributed by atoms with E-state index in [9.17, 15) is 14.0 Å². The van der Waals surface area contributed by atoms with Gasteiger partial charge in [0, 0.05) is 38.6 Å². The van der Waals surface area contributed by atoms with Crippen LogP contribution in [0.15, 0.2) is 18.2 Å². The zero-order valence-electron chi connectivity index (χ0n) is 13.5. The van der Waals surface area contributed by atoms with Gasteiger partial charge < -0.3 is 15.5 Å². The quantitative estimate of drug-likeness (QED) is 0.875. The highest BCUT2D eigenvalue weighted by atomic mass is 35.5. The standard InChI is InChI=1S/C16H21ClFN3O2.ClH/c1-11(19)2-5-15(22)20-6-8-21(9-7-20)16(23)13-4-3-12(18)10-14(13)17;/h3-4,10-11H,2,5-9,19H2,1H3;1H. The number of rotatable bonds is 4. The Balaban J connectivity index is 0.00000288. The molecule has 8 heteroatoms. The molecule has 1 aliphatic rings. The van der Waals surface area contributed by atoms with Crippen molar-refractivity contribution < 1.29 is 14.0 Å². The van der Waals surface area contributed by atoms with Crippen molar-refractivity contribution >= 4 is 35.8 Å². The lowest BCUT2D eigenvalue weighted by atomic mass is 10.1. The molecule has 1 aromatic rings. The fourth-order valence-electron chi connectivity index (χ4n) is 2.50. The lowest BCUT2D eigenvalue weighted by molar-refractivity contribution is -0.132. The summed E-state index contributed by atoms with van der Waals surface area (Å²) in [5.74, 6) is -0.650. The monoisotopic (exact) mass is 377 g/mol. The van der Waals surface area contributed by atoms with Crippen LogP contribution in [0.25, 0.3) is 0 Å². The number of hydrogen-bond donors (Lipinski definition) is 1. The molecule has 0 aliphatic carbocycles. The second-order valence-corrected chi connectivity index (χ2v) is 6.22. The Morgan fingerprint density at radius 2 is 1.83 bits per heavy atom. The fraction of sp³-hybridized carbons (Fsp3) is 0.500. The number of halogens is 3. The van der Waals surface area contributed by atoms with E-state index in [1.165, 1.54) is 12.1 Å². The molecule has 24 heavy (non-hydrogen) atoms. The van der Waals surface area contributed by atoms with Crippen LogP contribution < -0.4 is 5.73 Å². The van der Waals surface area contributed by atoms with Crippen molar-refractivity contribution in [1.29, 1.82) is 0 Å². The first kappa shape index (κ1) is 20.7. The second kappa shape index (κ2) is 9.20. The third-order valence-corrected chi connectivity index (χ3v) is 4.21. The highest BCUT2D eigenvalue weighted by molar-refractivity contribution is 6.33. The number of nitrogens with two attached hydrogens (primary N) is 1. The molecule has 1 fully saturated rings. The number of carbonyl (C=O) groups is 2. The Bertz CT molecular complexity index is 591. The molecule has 0 saturated carbocycles. The molecule has 0 aromatic heterocycles. The maximum atomic E-state index is 13.1. The minimum Gasteiger partial charge on any atom is -0.339 e. The molecule has 1 heterocycles. The summed E-state index contributed by atoms with van der Waals surface area (Å²) in [6.45, 7) is 3.73. The molecule has 0 spiro atoms. The van der Waals surface area contributed by atoms with Gasteiger partial charge in [0.05, 0.1) is 10.6 Å². The molecule has 0 radical (unpaired) electrons. The molecule has 2 N–H and O–H groups in total. The second-order valence-electron chi connectivity index (χ2n) is 5.81. The molecule has 2 rings (SSSR count). The lowest BCUT2D eigenvalue weighted by Gasteiger charge is -2.35. The van der Waals surface area contributed by atoms with Gasteiger partial charge in [-0.1, -0.05) is 11.6 Å². The molecule has 1 unspecified atom stereocenters. The predicted molar refractivity (Wildman–Crippen MR) is 94.0 cm³/mol. The van der Waals surface area contributed by atoms with Crippen LogP contribution in [-0.4, -0.2) is 53.8 Å². The van der Waals surface area contributed by atoms with Gasteiger partial charge in [-0.15, -0.1) is 12.4 Å². The Morgan fingerprint density at radius 1 is 1.25 bits per heavy atom. The lowest BCUT2D eigenvalue weighted by Crippen LogP contribution is -2.50. The summed E-state index contributed by atoms with van der Waals surface area (Å²) in [5, 5.41) is 0.102. The summed E-state index contributed by atoms with van der Waals surface area (Å²) >= 11 is 5.93. The van der Waals surface area contributed by atoms with Crippen LogP contribution in [0.2, 0.25) is 5.02 Å². The smallest absolute Gasteiger partial charge is 0.255 e. The van der Waals surface area contributed by atoms with Gasteiger partial charge in [0.1, 0.15) is 5.82 Å². The van der Waals surface area contributed by atoms with Gasteiger partial charge in [0.25, 0.3) is 5.91 Å². The van der Waals surface area contributed by atoms with Gasteiger partial charge in [-0.05, 0) is 31.5 Å². The molecular formula is C16H22Cl2FN3O2. The van der Waals surface area contributed by atoms with E-state index in [4.69, 9.17) is 17.3 Å². The van der Waals surface area contributed by atoms with E-state index in [1.807, 2.05) is 6.92 Å². The van der Waals surface area contributed by atoms with Gasteiger partial charge in [-0.3, -0.25) is 9.59 Å².